The molecule has 0 saturated heterocycles. The second kappa shape index (κ2) is 8.65. The average molecular weight is 446 g/mol. The molecule has 3 aromatic heterocycles. The molecule has 3 N–H and O–H groups in total. The topological polar surface area (TPSA) is 103 Å². The summed E-state index contributed by atoms with van der Waals surface area (Å²) >= 11 is 6.06. The summed E-state index contributed by atoms with van der Waals surface area (Å²) in [5, 5.41) is 8.62. The zero-order chi connectivity index (χ0) is 22.8. The zero-order valence-corrected chi connectivity index (χ0v) is 18.3. The minimum atomic E-state index is -0.325. The number of nitrogen functional groups attached to an aromatic ring is 1. The number of hydrogen-bond donors (Lipinski definition) is 2. The van der Waals surface area contributed by atoms with Gasteiger partial charge in [0.2, 0.25) is 0 Å². The minimum Gasteiger partial charge on any atom is -0.384 e. The number of amides is 1. The van der Waals surface area contributed by atoms with Gasteiger partial charge in [0.25, 0.3) is 11.7 Å². The smallest absolute Gasteiger partial charge is 0.296 e. The predicted octanol–water partition coefficient (Wildman–Crippen LogP) is 4.21. The number of nitrogens with two attached hydrogens (primary N) is 1. The van der Waals surface area contributed by atoms with Crippen molar-refractivity contribution >= 4 is 40.0 Å². The van der Waals surface area contributed by atoms with E-state index in [1.54, 1.807) is 12.3 Å². The first-order valence-electron chi connectivity index (χ1n) is 9.84. The van der Waals surface area contributed by atoms with Crippen molar-refractivity contribution < 1.29 is 4.79 Å². The van der Waals surface area contributed by atoms with Crippen LogP contribution in [0.25, 0.3) is 15.7 Å². The third-order valence-electron chi connectivity index (χ3n) is 5.16. The number of nitrogens with zero attached hydrogens (tertiary/aromatic N) is 5. The highest BCUT2D eigenvalue weighted by Gasteiger charge is 2.19. The Kier molecular flexibility index (Phi) is 5.75. The molecule has 0 radical (unpaired) electrons. The summed E-state index contributed by atoms with van der Waals surface area (Å²) in [5.41, 5.74) is 10.4. The van der Waals surface area contributed by atoms with E-state index in [2.05, 4.69) is 25.2 Å². The maximum atomic E-state index is 13.0. The Labute approximate surface area is 189 Å². The van der Waals surface area contributed by atoms with Gasteiger partial charge >= 0.3 is 0 Å². The van der Waals surface area contributed by atoms with Crippen molar-refractivity contribution in [1.82, 2.24) is 25.1 Å². The molecule has 0 aliphatic heterocycles. The third-order valence-corrected chi connectivity index (χ3v) is 5.37. The average Bonchev–Trinajstić information content (AvgIpc) is 3.15. The van der Waals surface area contributed by atoms with Crippen molar-refractivity contribution in [2.24, 2.45) is 0 Å². The lowest BCUT2D eigenvalue weighted by molar-refractivity contribution is 0.0940. The summed E-state index contributed by atoms with van der Waals surface area (Å²) in [6, 6.07) is 10.8. The zero-order valence-electron chi connectivity index (χ0n) is 17.6. The van der Waals surface area contributed by atoms with Gasteiger partial charge in [0.15, 0.2) is 0 Å². The number of carbonyl (C=O) groups excluding carboxylic acids is 1. The molecular weight excluding hydrogens is 426 g/mol. The van der Waals surface area contributed by atoms with Crippen LogP contribution in [0.3, 0.4) is 0 Å². The Morgan fingerprint density at radius 2 is 2.06 bits per heavy atom. The van der Waals surface area contributed by atoms with Crippen LogP contribution in [0.2, 0.25) is 5.02 Å². The Morgan fingerprint density at radius 3 is 2.81 bits per heavy atom. The van der Waals surface area contributed by atoms with Crippen LogP contribution < -0.4 is 11.1 Å². The molecule has 0 saturated carbocycles. The number of hydrogen-bond acceptors (Lipinski definition) is 5. The second-order valence-corrected chi connectivity index (χ2v) is 7.88. The molecule has 8 nitrogen and oxygen atoms in total. The van der Waals surface area contributed by atoms with Gasteiger partial charge in [0.05, 0.1) is 17.1 Å². The number of nitrogens with one attached hydrogen (secondary N) is 1. The first-order valence-corrected chi connectivity index (χ1v) is 10.2. The van der Waals surface area contributed by atoms with Gasteiger partial charge in [-0.15, -0.1) is 0 Å². The van der Waals surface area contributed by atoms with Gasteiger partial charge in [-0.1, -0.05) is 24.2 Å². The van der Waals surface area contributed by atoms with Gasteiger partial charge in [0, 0.05) is 23.8 Å². The Balaban J connectivity index is 1.58. The van der Waals surface area contributed by atoms with Gasteiger partial charge in [-0.05, 0) is 66.0 Å². The number of rotatable bonds is 5. The lowest BCUT2D eigenvalue weighted by Gasteiger charge is -2.12. The van der Waals surface area contributed by atoms with Crippen molar-refractivity contribution in [3.05, 3.63) is 87.1 Å². The number of aryl methyl sites for hydroxylation is 2. The molecule has 0 aliphatic carbocycles. The van der Waals surface area contributed by atoms with Crippen LogP contribution in [0.5, 0.6) is 0 Å². The molecule has 4 aromatic rings. The van der Waals surface area contributed by atoms with E-state index in [1.807, 2.05) is 38.1 Å². The van der Waals surface area contributed by atoms with Gasteiger partial charge in [0.1, 0.15) is 11.5 Å². The monoisotopic (exact) mass is 445 g/mol. The van der Waals surface area contributed by atoms with Crippen molar-refractivity contribution in [2.75, 3.05) is 5.73 Å². The summed E-state index contributed by atoms with van der Waals surface area (Å²) in [6.07, 6.45) is 1.60. The number of pyridine rings is 2. The molecule has 9 heteroatoms. The Hall–Kier alpha value is -3.96. The highest BCUT2D eigenvalue weighted by Crippen LogP contribution is 2.21. The molecule has 1 amide bonds. The van der Waals surface area contributed by atoms with Crippen LogP contribution in [-0.4, -0.2) is 25.7 Å². The van der Waals surface area contributed by atoms with Gasteiger partial charge in [-0.2, -0.15) is 4.68 Å². The van der Waals surface area contributed by atoms with Crippen LogP contribution in [-0.2, 0) is 13.1 Å². The van der Waals surface area contributed by atoms with Crippen molar-refractivity contribution in [3.63, 3.8) is 0 Å². The van der Waals surface area contributed by atoms with E-state index >= 15 is 0 Å². The molecule has 0 bridgehead atoms. The summed E-state index contributed by atoms with van der Waals surface area (Å²) < 4.78 is 1.53. The lowest BCUT2D eigenvalue weighted by Crippen LogP contribution is -2.27. The molecule has 3 heterocycles. The fourth-order valence-corrected chi connectivity index (χ4v) is 3.77. The SMILES string of the molecule is [C-]#[N+]c1cc(C(=O)NCc2c(C)cc(N)nc2C)n(Cc2ccc3ncc(Cl)cc3c2)n1. The first kappa shape index (κ1) is 21.3. The van der Waals surface area contributed by atoms with E-state index in [0.29, 0.717) is 29.6 Å². The van der Waals surface area contributed by atoms with E-state index in [-0.39, 0.29) is 11.7 Å². The number of anilines is 1. The molecule has 160 valence electrons. The summed E-state index contributed by atoms with van der Waals surface area (Å²) in [7, 11) is 0. The van der Waals surface area contributed by atoms with Crippen molar-refractivity contribution in [3.8, 4) is 0 Å². The predicted molar refractivity (Wildman–Crippen MR) is 124 cm³/mol. The van der Waals surface area contributed by atoms with Gasteiger partial charge in [-0.25, -0.2) is 4.98 Å². The lowest BCUT2D eigenvalue weighted by atomic mass is 10.1. The number of halogens is 1. The van der Waals surface area contributed by atoms with E-state index in [1.165, 1.54) is 10.7 Å². The highest BCUT2D eigenvalue weighted by atomic mass is 35.5. The molecule has 0 spiro atoms. The standard InChI is InChI=1S/C23H20ClN7O/c1-13-6-21(25)29-14(2)18(13)11-28-23(32)20-9-22(26-3)30-31(20)12-15-4-5-19-16(7-15)8-17(24)10-27-19/h4-10H,11-12H2,1-2H3,(H2,25,29)(H,28,32). The Morgan fingerprint density at radius 1 is 1.25 bits per heavy atom. The van der Waals surface area contributed by atoms with E-state index in [4.69, 9.17) is 23.9 Å². The maximum Gasteiger partial charge on any atom is 0.296 e. The molecule has 0 atom stereocenters. The molecule has 0 aliphatic rings. The van der Waals surface area contributed by atoms with Gasteiger partial charge in [-0.3, -0.25) is 9.78 Å². The molecular formula is C23H20ClN7O. The molecule has 1 aromatic carbocycles. The maximum absolute atomic E-state index is 13.0. The van der Waals surface area contributed by atoms with E-state index in [0.717, 1.165) is 33.3 Å². The minimum absolute atomic E-state index is 0.155. The molecule has 32 heavy (non-hydrogen) atoms. The molecule has 0 fully saturated rings. The van der Waals surface area contributed by atoms with Crippen molar-refractivity contribution in [2.45, 2.75) is 26.9 Å². The summed E-state index contributed by atoms with van der Waals surface area (Å²) in [6.45, 7) is 11.7. The highest BCUT2D eigenvalue weighted by molar-refractivity contribution is 6.31. The number of carbonyl (C=O) groups is 1. The molecule has 0 unspecified atom stereocenters. The van der Waals surface area contributed by atoms with Crippen LogP contribution in [0.1, 0.15) is 32.9 Å². The van der Waals surface area contributed by atoms with Crippen LogP contribution in [0, 0.1) is 20.4 Å². The third kappa shape index (κ3) is 4.38. The van der Waals surface area contributed by atoms with Gasteiger partial charge < -0.3 is 15.9 Å². The molecule has 4 rings (SSSR count). The van der Waals surface area contributed by atoms with E-state index < -0.39 is 0 Å². The number of benzene rings is 1. The number of aromatic nitrogens is 4. The van der Waals surface area contributed by atoms with E-state index in [9.17, 15) is 4.79 Å². The fraction of sp³-hybridized carbons (Fsp3) is 0.174. The van der Waals surface area contributed by atoms with Crippen LogP contribution >= 0.6 is 11.6 Å². The van der Waals surface area contributed by atoms with Crippen LogP contribution in [0.4, 0.5) is 11.6 Å². The van der Waals surface area contributed by atoms with Crippen LogP contribution in [0.15, 0.2) is 42.6 Å². The summed E-state index contributed by atoms with van der Waals surface area (Å²) in [4.78, 5) is 24.9. The number of fused-ring (bicyclic) bond motifs is 1. The first-order chi connectivity index (χ1) is 15.3. The quantitative estimate of drug-likeness (QED) is 0.448. The normalized spacial score (nSPS) is 10.8. The Bertz CT molecular complexity index is 1360. The van der Waals surface area contributed by atoms with Crippen molar-refractivity contribution in [1.29, 1.82) is 0 Å². The largest absolute Gasteiger partial charge is 0.384 e. The second-order valence-electron chi connectivity index (χ2n) is 7.45. The fourth-order valence-electron chi connectivity index (χ4n) is 3.60. The summed E-state index contributed by atoms with van der Waals surface area (Å²) in [5.74, 6) is 0.275.